The first-order valence-corrected chi connectivity index (χ1v) is 5.29. The average Bonchev–Trinajstić information content (AvgIpc) is 2.36. The van der Waals surface area contributed by atoms with Gasteiger partial charge in [-0.2, -0.15) is 23.5 Å². The minimum atomic E-state index is -4.44. The molecule has 0 amide bonds. The van der Waals surface area contributed by atoms with E-state index in [9.17, 15) is 13.2 Å². The second kappa shape index (κ2) is 7.93. The number of halogens is 3. The van der Waals surface area contributed by atoms with Crippen LogP contribution in [0.15, 0.2) is 42.0 Å². The number of rotatable bonds is 2. The van der Waals surface area contributed by atoms with Crippen molar-refractivity contribution in [2.24, 2.45) is 5.10 Å². The highest BCUT2D eigenvalue weighted by Crippen LogP contribution is 2.17. The summed E-state index contributed by atoms with van der Waals surface area (Å²) in [5.41, 5.74) is 1.95. The van der Waals surface area contributed by atoms with Gasteiger partial charge >= 0.3 is 6.18 Å². The minimum Gasteiger partial charge on any atom is -0.278 e. The van der Waals surface area contributed by atoms with Crippen molar-refractivity contribution >= 4 is 11.4 Å². The Kier molecular flexibility index (Phi) is 6.97. The van der Waals surface area contributed by atoms with Crippen LogP contribution < -0.4 is 5.43 Å². The fraction of sp³-hybridized carbons (Fsp3) is 0.231. The molecule has 0 aliphatic rings. The molecule has 0 fully saturated rings. The topological polar surface area (TPSA) is 48.2 Å². The van der Waals surface area contributed by atoms with Crippen molar-refractivity contribution in [3.63, 3.8) is 0 Å². The molecule has 0 bridgehead atoms. The van der Waals surface area contributed by atoms with Crippen LogP contribution in [0.1, 0.15) is 19.4 Å². The summed E-state index contributed by atoms with van der Waals surface area (Å²) in [5.74, 6) is 0. The van der Waals surface area contributed by atoms with Gasteiger partial charge in [0.25, 0.3) is 0 Å². The Morgan fingerprint density at radius 1 is 1.47 bits per heavy atom. The van der Waals surface area contributed by atoms with Gasteiger partial charge in [0.15, 0.2) is 0 Å². The Morgan fingerprint density at radius 3 is 2.53 bits per heavy atom. The first-order chi connectivity index (χ1) is 8.85. The average molecular weight is 269 g/mol. The van der Waals surface area contributed by atoms with Crippen LogP contribution in [0.2, 0.25) is 0 Å². The van der Waals surface area contributed by atoms with Gasteiger partial charge in [-0.25, -0.2) is 0 Å². The molecule has 0 radical (unpaired) electrons. The molecule has 0 spiro atoms. The molecule has 0 aliphatic heterocycles. The second-order valence-corrected chi connectivity index (χ2v) is 3.41. The maximum absolute atomic E-state index is 12.1. The maximum Gasteiger partial charge on any atom is 0.430 e. The van der Waals surface area contributed by atoms with Gasteiger partial charge in [0.05, 0.1) is 17.3 Å². The van der Waals surface area contributed by atoms with Crippen LogP contribution in [0.5, 0.6) is 0 Å². The lowest BCUT2D eigenvalue weighted by atomic mass is 10.2. The largest absolute Gasteiger partial charge is 0.430 e. The predicted octanol–water partition coefficient (Wildman–Crippen LogP) is 4.10. The standard InChI is InChI=1S/C10H8F3N3.C3H6/c1-7(10(11,12)13)15-16-9-4-2-3-8(5-9)6-14;1-3-2/h2-5,16H,1H3;3H,1H2,2H3/b15-7-;. The SMILES string of the molecule is C/C(=N/Nc1cccc(C#N)c1)C(F)(F)F.C=CC. The molecule has 19 heavy (non-hydrogen) atoms. The number of anilines is 1. The second-order valence-electron chi connectivity index (χ2n) is 3.41. The van der Waals surface area contributed by atoms with Crippen molar-refractivity contribution in [2.75, 3.05) is 5.43 Å². The molecule has 0 unspecified atom stereocenters. The highest BCUT2D eigenvalue weighted by atomic mass is 19.4. The monoisotopic (exact) mass is 269 g/mol. The molecule has 0 aliphatic carbocycles. The number of hydrazone groups is 1. The molecule has 1 N–H and O–H groups in total. The molecule has 3 nitrogen and oxygen atoms in total. The number of hydrogen-bond acceptors (Lipinski definition) is 3. The fourth-order valence-electron chi connectivity index (χ4n) is 0.870. The van der Waals surface area contributed by atoms with Gasteiger partial charge in [0, 0.05) is 0 Å². The van der Waals surface area contributed by atoms with Crippen LogP contribution in [-0.4, -0.2) is 11.9 Å². The molecule has 0 saturated carbocycles. The van der Waals surface area contributed by atoms with Crippen molar-refractivity contribution in [1.82, 2.24) is 0 Å². The van der Waals surface area contributed by atoms with E-state index in [4.69, 9.17) is 5.26 Å². The van der Waals surface area contributed by atoms with E-state index < -0.39 is 11.9 Å². The molecule has 0 atom stereocenters. The van der Waals surface area contributed by atoms with Gasteiger partial charge in [0.2, 0.25) is 0 Å². The number of nitriles is 1. The Bertz CT molecular complexity index is 485. The van der Waals surface area contributed by atoms with E-state index in [-0.39, 0.29) is 0 Å². The minimum absolute atomic E-state index is 0.336. The van der Waals surface area contributed by atoms with E-state index >= 15 is 0 Å². The van der Waals surface area contributed by atoms with Gasteiger partial charge in [0.1, 0.15) is 5.71 Å². The summed E-state index contributed by atoms with van der Waals surface area (Å²) in [4.78, 5) is 0. The lowest BCUT2D eigenvalue weighted by Gasteiger charge is -2.06. The molecular weight excluding hydrogens is 255 g/mol. The van der Waals surface area contributed by atoms with Crippen LogP contribution in [0.4, 0.5) is 18.9 Å². The number of alkyl halides is 3. The van der Waals surface area contributed by atoms with Crippen LogP contribution in [0.25, 0.3) is 0 Å². The number of nitrogens with one attached hydrogen (secondary N) is 1. The first-order valence-electron chi connectivity index (χ1n) is 5.29. The molecular formula is C13H14F3N3. The van der Waals surface area contributed by atoms with Gasteiger partial charge in [-0.05, 0) is 32.0 Å². The van der Waals surface area contributed by atoms with Gasteiger partial charge in [-0.1, -0.05) is 12.1 Å². The van der Waals surface area contributed by atoms with E-state index in [0.29, 0.717) is 11.3 Å². The molecule has 0 saturated heterocycles. The zero-order valence-corrected chi connectivity index (χ0v) is 10.6. The Balaban J connectivity index is 0.000000982. The summed E-state index contributed by atoms with van der Waals surface area (Å²) in [6.45, 7) is 6.11. The van der Waals surface area contributed by atoms with E-state index in [1.807, 2.05) is 13.0 Å². The first kappa shape index (κ1) is 16.7. The third kappa shape index (κ3) is 6.88. The Morgan fingerprint density at radius 2 is 2.05 bits per heavy atom. The molecule has 6 heteroatoms. The summed E-state index contributed by atoms with van der Waals surface area (Å²) < 4.78 is 36.2. The quantitative estimate of drug-likeness (QED) is 0.499. The highest BCUT2D eigenvalue weighted by Gasteiger charge is 2.32. The molecule has 102 valence electrons. The maximum atomic E-state index is 12.1. The summed E-state index contributed by atoms with van der Waals surface area (Å²) >= 11 is 0. The van der Waals surface area contributed by atoms with E-state index in [2.05, 4.69) is 17.1 Å². The van der Waals surface area contributed by atoms with Crippen molar-refractivity contribution in [1.29, 1.82) is 5.26 Å². The Hall–Kier alpha value is -2.29. The summed E-state index contributed by atoms with van der Waals surface area (Å²) in [6.07, 6.45) is -2.69. The van der Waals surface area contributed by atoms with Crippen LogP contribution in [0.3, 0.4) is 0 Å². The lowest BCUT2D eigenvalue weighted by molar-refractivity contribution is -0.0592. The van der Waals surface area contributed by atoms with Gasteiger partial charge in [-0.3, -0.25) is 5.43 Å². The number of benzene rings is 1. The van der Waals surface area contributed by atoms with Crippen LogP contribution >= 0.6 is 0 Å². The van der Waals surface area contributed by atoms with Crippen LogP contribution in [-0.2, 0) is 0 Å². The molecule has 1 aromatic rings. The summed E-state index contributed by atoms with van der Waals surface area (Å²) in [6, 6.07) is 7.91. The highest BCUT2D eigenvalue weighted by molar-refractivity contribution is 5.87. The van der Waals surface area contributed by atoms with Crippen LogP contribution in [0, 0.1) is 11.3 Å². The van der Waals surface area contributed by atoms with E-state index in [1.165, 1.54) is 12.1 Å². The number of hydrogen-bond donors (Lipinski definition) is 1. The zero-order chi connectivity index (χ0) is 14.9. The van der Waals surface area contributed by atoms with Crippen molar-refractivity contribution in [3.8, 4) is 6.07 Å². The zero-order valence-electron chi connectivity index (χ0n) is 10.6. The fourth-order valence-corrected chi connectivity index (χ4v) is 0.870. The van der Waals surface area contributed by atoms with Crippen molar-refractivity contribution in [3.05, 3.63) is 42.5 Å². The van der Waals surface area contributed by atoms with Crippen molar-refractivity contribution in [2.45, 2.75) is 20.0 Å². The van der Waals surface area contributed by atoms with E-state index in [0.717, 1.165) is 6.92 Å². The lowest BCUT2D eigenvalue weighted by Crippen LogP contribution is -2.20. The molecule has 0 aromatic heterocycles. The molecule has 1 aromatic carbocycles. The predicted molar refractivity (Wildman–Crippen MR) is 69.8 cm³/mol. The third-order valence-electron chi connectivity index (χ3n) is 1.75. The number of allylic oxidation sites excluding steroid dienone is 1. The summed E-state index contributed by atoms with van der Waals surface area (Å²) in [7, 11) is 0. The number of nitrogens with zero attached hydrogens (tertiary/aromatic N) is 2. The molecule has 1 rings (SSSR count). The smallest absolute Gasteiger partial charge is 0.278 e. The van der Waals surface area contributed by atoms with Gasteiger partial charge < -0.3 is 0 Å². The van der Waals surface area contributed by atoms with Crippen molar-refractivity contribution < 1.29 is 13.2 Å². The molecule has 0 heterocycles. The van der Waals surface area contributed by atoms with Gasteiger partial charge in [-0.15, -0.1) is 6.58 Å². The Labute approximate surface area is 110 Å². The normalized spacial score (nSPS) is 10.8. The third-order valence-corrected chi connectivity index (χ3v) is 1.75. The van der Waals surface area contributed by atoms with E-state index in [1.54, 1.807) is 18.2 Å². The summed E-state index contributed by atoms with van der Waals surface area (Å²) in [5, 5.41) is 11.7.